The molecule has 9 N–H and O–H groups in total. The number of amides is 1. The van der Waals surface area contributed by atoms with Crippen molar-refractivity contribution in [2.45, 2.75) is 75.5 Å². The van der Waals surface area contributed by atoms with Gasteiger partial charge in [0, 0.05) is 13.0 Å². The number of carbonyl (C=O) groups excluding carboxylic acids is 1. The number of ether oxygens (including phenoxy) is 2. The molecule has 13 nitrogen and oxygen atoms in total. The lowest BCUT2D eigenvalue weighted by Gasteiger charge is -2.42. The van der Waals surface area contributed by atoms with Gasteiger partial charge in [0.1, 0.15) is 24.4 Å². The third-order valence-corrected chi connectivity index (χ3v) is 4.73. The van der Waals surface area contributed by atoms with Gasteiger partial charge in [-0.05, 0) is 20.3 Å². The van der Waals surface area contributed by atoms with Crippen LogP contribution in [-0.2, 0) is 23.9 Å². The second-order valence-corrected chi connectivity index (χ2v) is 7.29. The van der Waals surface area contributed by atoms with Crippen molar-refractivity contribution in [1.82, 2.24) is 4.90 Å². The van der Waals surface area contributed by atoms with Crippen LogP contribution in [0.25, 0.3) is 0 Å². The summed E-state index contributed by atoms with van der Waals surface area (Å²) in [4.78, 5) is 36.0. The second-order valence-electron chi connectivity index (χ2n) is 7.29. The van der Waals surface area contributed by atoms with Gasteiger partial charge in [-0.25, -0.2) is 4.79 Å². The number of carbonyl (C=O) groups is 3. The van der Waals surface area contributed by atoms with Gasteiger partial charge in [0.05, 0.1) is 24.8 Å². The third kappa shape index (κ3) is 6.84. The number of rotatable bonds is 11. The first-order valence-electron chi connectivity index (χ1n) is 9.44. The van der Waals surface area contributed by atoms with Crippen molar-refractivity contribution in [3.05, 3.63) is 0 Å². The van der Waals surface area contributed by atoms with Crippen LogP contribution >= 0.6 is 0 Å². The molecule has 0 aromatic carbocycles. The third-order valence-electron chi connectivity index (χ3n) is 4.73. The van der Waals surface area contributed by atoms with Crippen LogP contribution < -0.4 is 11.5 Å². The molecule has 13 heteroatoms. The van der Waals surface area contributed by atoms with Crippen LogP contribution in [-0.4, -0.2) is 110 Å². The number of hydrogen-bond donors (Lipinski definition) is 7. The Morgan fingerprint density at radius 2 is 1.80 bits per heavy atom. The predicted molar refractivity (Wildman–Crippen MR) is 99.9 cm³/mol. The first-order valence-corrected chi connectivity index (χ1v) is 9.44. The van der Waals surface area contributed by atoms with Crippen molar-refractivity contribution in [3.8, 4) is 0 Å². The zero-order chi connectivity index (χ0) is 23.2. The predicted octanol–water partition coefficient (Wildman–Crippen LogP) is -3.35. The summed E-state index contributed by atoms with van der Waals surface area (Å²) in [5.74, 6) is -3.36. The summed E-state index contributed by atoms with van der Waals surface area (Å²) >= 11 is 0. The minimum Gasteiger partial charge on any atom is -0.481 e. The Kier molecular flexibility index (Phi) is 10.0. The van der Waals surface area contributed by atoms with Crippen LogP contribution in [0.3, 0.4) is 0 Å². The molecular weight excluding hydrogens is 406 g/mol. The Hall–Kier alpha value is -1.87. The molecule has 1 aliphatic heterocycles. The number of carboxylic acids is 2. The standard InChI is InChI=1S/C17H31N3O10/c1-7(29-14-12(19)17(28)30-10(6-21)13(14)24)5-20(15(25)8(2)18)9(16(26)27)3-4-11(22)23/h7-10,12-14,17,21,24,28H,3-6,18-19H2,1-2H3,(H,22,23)(H,26,27)/t7?,8-,9+,10+,12+,13+,14+,17-/m0/s1. The van der Waals surface area contributed by atoms with E-state index in [1.807, 2.05) is 0 Å². The van der Waals surface area contributed by atoms with Crippen molar-refractivity contribution in [2.75, 3.05) is 13.2 Å². The van der Waals surface area contributed by atoms with Crippen molar-refractivity contribution in [2.24, 2.45) is 11.5 Å². The Balaban J connectivity index is 3.00. The molecule has 1 fully saturated rings. The molecule has 1 aliphatic rings. The van der Waals surface area contributed by atoms with E-state index in [-0.39, 0.29) is 13.0 Å². The number of carboxylic acid groups (broad SMARTS) is 2. The van der Waals surface area contributed by atoms with Crippen molar-refractivity contribution < 1.29 is 49.4 Å². The normalized spacial score (nSPS) is 29.6. The topological polar surface area (TPSA) is 226 Å². The number of aliphatic hydroxyl groups is 3. The number of nitrogens with zero attached hydrogens (tertiary/aromatic N) is 1. The zero-order valence-corrected chi connectivity index (χ0v) is 16.8. The van der Waals surface area contributed by atoms with E-state index in [0.29, 0.717) is 0 Å². The molecule has 1 amide bonds. The summed E-state index contributed by atoms with van der Waals surface area (Å²) in [6.45, 7) is 1.93. The zero-order valence-electron chi connectivity index (χ0n) is 16.8. The molecule has 0 aromatic rings. The summed E-state index contributed by atoms with van der Waals surface area (Å²) in [5, 5.41) is 47.7. The highest BCUT2D eigenvalue weighted by molar-refractivity contribution is 5.87. The Morgan fingerprint density at radius 3 is 2.27 bits per heavy atom. The SMILES string of the molecule is CC(CN(C(=O)[C@H](C)N)[C@H](CCC(=O)O)C(=O)O)O[C@@H]1[C@@H](N)[C@@H](O)O[C@H](CO)[C@H]1O. The lowest BCUT2D eigenvalue weighted by molar-refractivity contribution is -0.263. The Morgan fingerprint density at radius 1 is 1.20 bits per heavy atom. The first-order chi connectivity index (χ1) is 13.9. The fourth-order valence-electron chi connectivity index (χ4n) is 3.17. The van der Waals surface area contributed by atoms with E-state index in [0.717, 1.165) is 4.90 Å². The van der Waals surface area contributed by atoms with Gasteiger partial charge < -0.3 is 51.4 Å². The number of hydrogen-bond acceptors (Lipinski definition) is 10. The quantitative estimate of drug-likeness (QED) is 0.168. The van der Waals surface area contributed by atoms with Gasteiger partial charge in [-0.1, -0.05) is 0 Å². The molecule has 8 atom stereocenters. The largest absolute Gasteiger partial charge is 0.481 e. The van der Waals surface area contributed by atoms with Crippen LogP contribution in [0, 0.1) is 0 Å². The van der Waals surface area contributed by atoms with E-state index >= 15 is 0 Å². The second kappa shape index (κ2) is 11.5. The Labute approximate surface area is 173 Å². The maximum atomic E-state index is 12.5. The van der Waals surface area contributed by atoms with Crippen molar-refractivity contribution >= 4 is 17.8 Å². The van der Waals surface area contributed by atoms with E-state index in [4.69, 9.17) is 26.0 Å². The van der Waals surface area contributed by atoms with Crippen LogP contribution in [0.4, 0.5) is 0 Å². The van der Waals surface area contributed by atoms with Gasteiger partial charge in [0.15, 0.2) is 6.29 Å². The highest BCUT2D eigenvalue weighted by Gasteiger charge is 2.44. The van der Waals surface area contributed by atoms with Gasteiger partial charge in [0.2, 0.25) is 5.91 Å². The van der Waals surface area contributed by atoms with Crippen LogP contribution in [0.5, 0.6) is 0 Å². The number of aliphatic hydroxyl groups excluding tert-OH is 3. The average Bonchev–Trinajstić information content (AvgIpc) is 2.66. The maximum absolute atomic E-state index is 12.5. The number of nitrogens with two attached hydrogens (primary N) is 2. The fourth-order valence-corrected chi connectivity index (χ4v) is 3.17. The molecule has 1 unspecified atom stereocenters. The smallest absolute Gasteiger partial charge is 0.326 e. The van der Waals surface area contributed by atoms with Gasteiger partial charge in [0.25, 0.3) is 0 Å². The molecule has 30 heavy (non-hydrogen) atoms. The summed E-state index contributed by atoms with van der Waals surface area (Å²) in [5.41, 5.74) is 11.4. The lowest BCUT2D eigenvalue weighted by Crippen LogP contribution is -2.63. The van der Waals surface area contributed by atoms with Crippen LogP contribution in [0.15, 0.2) is 0 Å². The van der Waals surface area contributed by atoms with Gasteiger partial charge in [-0.15, -0.1) is 0 Å². The van der Waals surface area contributed by atoms with Crippen molar-refractivity contribution in [1.29, 1.82) is 0 Å². The molecule has 0 aromatic heterocycles. The van der Waals surface area contributed by atoms with Crippen molar-refractivity contribution in [3.63, 3.8) is 0 Å². The monoisotopic (exact) mass is 437 g/mol. The summed E-state index contributed by atoms with van der Waals surface area (Å²) in [7, 11) is 0. The molecule has 174 valence electrons. The lowest BCUT2D eigenvalue weighted by atomic mass is 9.97. The Bertz CT molecular complexity index is 604. The molecule has 0 aliphatic carbocycles. The molecule has 0 radical (unpaired) electrons. The van der Waals surface area contributed by atoms with Crippen LogP contribution in [0.1, 0.15) is 26.7 Å². The summed E-state index contributed by atoms with van der Waals surface area (Å²) in [6.07, 6.45) is -6.97. The van der Waals surface area contributed by atoms with E-state index in [1.165, 1.54) is 13.8 Å². The van der Waals surface area contributed by atoms with E-state index in [1.54, 1.807) is 0 Å². The minimum atomic E-state index is -1.52. The van der Waals surface area contributed by atoms with Gasteiger partial charge in [-0.2, -0.15) is 0 Å². The van der Waals surface area contributed by atoms with Gasteiger partial charge in [-0.3, -0.25) is 9.59 Å². The highest BCUT2D eigenvalue weighted by Crippen LogP contribution is 2.23. The molecule has 1 saturated heterocycles. The summed E-state index contributed by atoms with van der Waals surface area (Å²) in [6, 6.07) is -3.69. The minimum absolute atomic E-state index is 0.298. The van der Waals surface area contributed by atoms with E-state index < -0.39 is 79.7 Å². The summed E-state index contributed by atoms with van der Waals surface area (Å²) < 4.78 is 10.6. The molecule has 1 rings (SSSR count). The molecule has 0 bridgehead atoms. The maximum Gasteiger partial charge on any atom is 0.326 e. The average molecular weight is 437 g/mol. The van der Waals surface area contributed by atoms with E-state index in [9.17, 15) is 34.8 Å². The molecule has 1 heterocycles. The van der Waals surface area contributed by atoms with Gasteiger partial charge >= 0.3 is 11.9 Å². The fraction of sp³-hybridized carbons (Fsp3) is 0.824. The van der Waals surface area contributed by atoms with E-state index in [2.05, 4.69) is 0 Å². The highest BCUT2D eigenvalue weighted by atomic mass is 16.6. The molecule has 0 spiro atoms. The molecule has 0 saturated carbocycles. The van der Waals surface area contributed by atoms with Crippen LogP contribution in [0.2, 0.25) is 0 Å². The molecular formula is C17H31N3O10. The first kappa shape index (κ1) is 26.2. The number of aliphatic carboxylic acids is 2.